The van der Waals surface area contributed by atoms with Crippen LogP contribution in [0.15, 0.2) is 51.3 Å². The summed E-state index contributed by atoms with van der Waals surface area (Å²) in [5.41, 5.74) is 3.90. The number of nitro groups is 1. The second kappa shape index (κ2) is 12.8. The van der Waals surface area contributed by atoms with E-state index in [-0.39, 0.29) is 28.7 Å². The Balaban J connectivity index is 1.15. The molecule has 7 rings (SSSR count). The Morgan fingerprint density at radius 2 is 1.66 bits per heavy atom. The number of carbonyl (C=O) groups excluding carboxylic acids is 2. The van der Waals surface area contributed by atoms with Crippen molar-refractivity contribution in [2.24, 2.45) is 39.3 Å². The van der Waals surface area contributed by atoms with E-state index in [0.29, 0.717) is 31.0 Å². The molecule has 1 N–H and O–H groups in total. The Labute approximate surface area is 258 Å². The number of ether oxygens (including phenoxy) is 1. The van der Waals surface area contributed by atoms with Crippen molar-refractivity contribution in [2.75, 3.05) is 26.3 Å². The summed E-state index contributed by atoms with van der Waals surface area (Å²) in [5, 5.41) is 22.6. The van der Waals surface area contributed by atoms with Crippen LogP contribution in [0.5, 0.6) is 0 Å². The van der Waals surface area contributed by atoms with Crippen LogP contribution in [0.2, 0.25) is 0 Å². The molecule has 1 aromatic carbocycles. The number of nitrogens with zero attached hydrogens (tertiary/aromatic N) is 4. The van der Waals surface area contributed by atoms with Crippen LogP contribution in [0.3, 0.4) is 0 Å². The fourth-order valence-electron chi connectivity index (χ4n) is 8.59. The highest BCUT2D eigenvalue weighted by Crippen LogP contribution is 2.60. The average molecular weight is 602 g/mol. The number of carbonyl (C=O) groups is 2. The van der Waals surface area contributed by atoms with Crippen LogP contribution in [-0.4, -0.2) is 66.3 Å². The van der Waals surface area contributed by atoms with Crippen molar-refractivity contribution in [3.05, 3.63) is 56.8 Å². The number of allylic oxidation sites excluding steroid dienone is 2. The van der Waals surface area contributed by atoms with Crippen LogP contribution in [-0.2, 0) is 14.3 Å². The Morgan fingerprint density at radius 3 is 2.25 bits per heavy atom. The lowest BCUT2D eigenvalue weighted by Crippen LogP contribution is -2.57. The van der Waals surface area contributed by atoms with Gasteiger partial charge in [0.1, 0.15) is 0 Å². The van der Waals surface area contributed by atoms with Gasteiger partial charge in [0.15, 0.2) is 5.78 Å². The first-order chi connectivity index (χ1) is 21.2. The highest BCUT2D eigenvalue weighted by atomic mass is 16.6. The third-order valence-electron chi connectivity index (χ3n) is 10.3. The summed E-state index contributed by atoms with van der Waals surface area (Å²) in [4.78, 5) is 39.8. The Bertz CT molecular complexity index is 1370. The number of amides is 1. The topological polar surface area (TPSA) is 126 Å². The first-order valence-electron chi connectivity index (χ1n) is 16.1. The standard InChI is InChI=1S/C34H43N5O5/c1-22(2)31(37-33(41)34-17-24-13-25(18-34)15-26(14-24)19-34)30(40)21-36-35-20-28-6-5-27(32(28)38-9-11-44-12-10-38)16-23-3-7-29(8-4-23)39(42)43/h3-4,7-8,16,20-22,24-26,31H,5-6,9-15,17-19H2,1-2H3,(H,37,41)/b27-16+,35-20+,36-21+. The second-order valence-electron chi connectivity index (χ2n) is 13.8. The summed E-state index contributed by atoms with van der Waals surface area (Å²) in [6.07, 6.45) is 13.3. The van der Waals surface area contributed by atoms with Crippen molar-refractivity contribution in [3.63, 3.8) is 0 Å². The number of non-ortho nitro benzene ring substituents is 1. The number of rotatable bonds is 10. The lowest BCUT2D eigenvalue weighted by Gasteiger charge is -2.55. The van der Waals surface area contributed by atoms with Gasteiger partial charge < -0.3 is 15.0 Å². The van der Waals surface area contributed by atoms with Crippen molar-refractivity contribution in [1.82, 2.24) is 10.2 Å². The van der Waals surface area contributed by atoms with Crippen LogP contribution >= 0.6 is 0 Å². The van der Waals surface area contributed by atoms with Gasteiger partial charge in [0.25, 0.3) is 5.69 Å². The van der Waals surface area contributed by atoms with Crippen molar-refractivity contribution >= 4 is 35.9 Å². The van der Waals surface area contributed by atoms with Gasteiger partial charge in [0, 0.05) is 36.3 Å². The van der Waals surface area contributed by atoms with Gasteiger partial charge in [-0.3, -0.25) is 19.7 Å². The van der Waals surface area contributed by atoms with Crippen LogP contribution < -0.4 is 5.32 Å². The van der Waals surface area contributed by atoms with E-state index in [9.17, 15) is 19.7 Å². The molecule has 0 radical (unpaired) electrons. The van der Waals surface area contributed by atoms with Gasteiger partial charge in [-0.05, 0) is 110 Å². The maximum absolute atomic E-state index is 13.6. The average Bonchev–Trinajstić information content (AvgIpc) is 3.39. The van der Waals surface area contributed by atoms with Gasteiger partial charge in [0.05, 0.1) is 36.6 Å². The van der Waals surface area contributed by atoms with Gasteiger partial charge in [-0.25, -0.2) is 0 Å². The molecule has 1 aliphatic heterocycles. The van der Waals surface area contributed by atoms with E-state index in [4.69, 9.17) is 4.74 Å². The molecular formula is C34H43N5O5. The molecule has 0 aromatic heterocycles. The number of hydrogen-bond acceptors (Lipinski definition) is 8. The second-order valence-corrected chi connectivity index (χ2v) is 13.8. The molecule has 1 unspecified atom stereocenters. The van der Waals surface area contributed by atoms with E-state index in [1.54, 1.807) is 18.3 Å². The predicted molar refractivity (Wildman–Crippen MR) is 169 cm³/mol. The fraction of sp³-hybridized carbons (Fsp3) is 0.588. The Hall–Kier alpha value is -3.66. The summed E-state index contributed by atoms with van der Waals surface area (Å²) in [6, 6.07) is 5.93. The monoisotopic (exact) mass is 601 g/mol. The third-order valence-corrected chi connectivity index (χ3v) is 10.3. The van der Waals surface area contributed by atoms with Crippen molar-refractivity contribution in [2.45, 2.75) is 71.3 Å². The summed E-state index contributed by atoms with van der Waals surface area (Å²) >= 11 is 0. The van der Waals surface area contributed by atoms with E-state index in [1.807, 2.05) is 13.8 Å². The third kappa shape index (κ3) is 6.41. The molecule has 1 aromatic rings. The van der Waals surface area contributed by atoms with Gasteiger partial charge in [-0.15, -0.1) is 0 Å². The lowest BCUT2D eigenvalue weighted by atomic mass is 9.49. The minimum absolute atomic E-state index is 0.0548. The summed E-state index contributed by atoms with van der Waals surface area (Å²) in [6.45, 7) is 6.69. The molecule has 0 spiro atoms. The molecule has 10 heteroatoms. The molecule has 234 valence electrons. The van der Waals surface area contributed by atoms with Gasteiger partial charge in [-0.2, -0.15) is 10.2 Å². The quantitative estimate of drug-likeness (QED) is 0.219. The number of Topliss-reactive ketones (excluding diaryl/α,β-unsaturated/α-hetero) is 1. The molecule has 5 fully saturated rings. The molecule has 5 aliphatic carbocycles. The normalized spacial score (nSPS) is 29.8. The van der Waals surface area contributed by atoms with Crippen molar-refractivity contribution < 1.29 is 19.2 Å². The summed E-state index contributed by atoms with van der Waals surface area (Å²) < 4.78 is 5.57. The van der Waals surface area contributed by atoms with E-state index in [2.05, 4.69) is 26.5 Å². The molecule has 10 nitrogen and oxygen atoms in total. The molecule has 1 saturated heterocycles. The fourth-order valence-corrected chi connectivity index (χ4v) is 8.59. The van der Waals surface area contributed by atoms with E-state index in [0.717, 1.165) is 67.6 Å². The number of morpholine rings is 1. The molecule has 6 aliphatic rings. The number of hydrogen-bond donors (Lipinski definition) is 1. The van der Waals surface area contributed by atoms with Gasteiger partial charge in [-0.1, -0.05) is 13.8 Å². The van der Waals surface area contributed by atoms with Crippen molar-refractivity contribution in [3.8, 4) is 0 Å². The summed E-state index contributed by atoms with van der Waals surface area (Å²) in [5.74, 6) is 1.74. The van der Waals surface area contributed by atoms with Crippen LogP contribution in [0.25, 0.3) is 6.08 Å². The van der Waals surface area contributed by atoms with Crippen LogP contribution in [0.1, 0.15) is 70.8 Å². The van der Waals surface area contributed by atoms with Gasteiger partial charge in [0.2, 0.25) is 5.91 Å². The Morgan fingerprint density at radius 1 is 1.02 bits per heavy atom. The number of nitrogens with one attached hydrogen (secondary N) is 1. The highest BCUT2D eigenvalue weighted by Gasteiger charge is 2.55. The zero-order valence-electron chi connectivity index (χ0n) is 25.7. The van der Waals surface area contributed by atoms with Crippen LogP contribution in [0, 0.1) is 39.2 Å². The van der Waals surface area contributed by atoms with E-state index in [1.165, 1.54) is 37.6 Å². The smallest absolute Gasteiger partial charge is 0.269 e. The molecular weight excluding hydrogens is 558 g/mol. The minimum Gasteiger partial charge on any atom is -0.378 e. The van der Waals surface area contributed by atoms with Crippen molar-refractivity contribution in [1.29, 1.82) is 0 Å². The zero-order valence-corrected chi connectivity index (χ0v) is 25.7. The highest BCUT2D eigenvalue weighted by molar-refractivity contribution is 6.30. The van der Waals surface area contributed by atoms with Gasteiger partial charge >= 0.3 is 0 Å². The molecule has 4 saturated carbocycles. The number of benzene rings is 1. The maximum atomic E-state index is 13.6. The zero-order chi connectivity index (χ0) is 30.8. The molecule has 1 atom stereocenters. The first kappa shape index (κ1) is 30.4. The summed E-state index contributed by atoms with van der Waals surface area (Å²) in [7, 11) is 0. The van der Waals surface area contributed by atoms with E-state index >= 15 is 0 Å². The largest absolute Gasteiger partial charge is 0.378 e. The molecule has 1 heterocycles. The first-order valence-corrected chi connectivity index (χ1v) is 16.1. The maximum Gasteiger partial charge on any atom is 0.269 e. The lowest BCUT2D eigenvalue weighted by molar-refractivity contribution is -0.384. The molecule has 1 amide bonds. The number of ketones is 1. The Kier molecular flexibility index (Phi) is 8.80. The number of nitro benzene ring substituents is 1. The molecule has 4 bridgehead atoms. The SMILES string of the molecule is CC(C)C(NC(=O)C12CC3CC(CC(C3)C1)C2)C(=O)/C=N/N=C/C1=C(N2CCOCC2)C(=C/c2ccc([N+](=O)[O-])cc2)/CC1. The minimum atomic E-state index is -0.625. The molecule has 44 heavy (non-hydrogen) atoms. The van der Waals surface area contributed by atoms with E-state index < -0.39 is 11.0 Å². The predicted octanol–water partition coefficient (Wildman–Crippen LogP) is 5.34. The van der Waals surface area contributed by atoms with Crippen LogP contribution in [0.4, 0.5) is 5.69 Å².